The molecular formula is C21H28N2O4S. The van der Waals surface area contributed by atoms with Gasteiger partial charge in [-0.15, -0.1) is 0 Å². The zero-order valence-electron chi connectivity index (χ0n) is 16.3. The van der Waals surface area contributed by atoms with E-state index in [0.717, 1.165) is 16.5 Å². The van der Waals surface area contributed by atoms with Crippen LogP contribution in [0.5, 0.6) is 5.75 Å². The molecule has 0 spiro atoms. The molecule has 3 rings (SSSR count). The van der Waals surface area contributed by atoms with Crippen molar-refractivity contribution in [3.05, 3.63) is 42.5 Å². The van der Waals surface area contributed by atoms with Gasteiger partial charge < -0.3 is 10.1 Å². The molecule has 1 aliphatic rings. The number of fused-ring (bicyclic) bond motifs is 1. The van der Waals surface area contributed by atoms with Crippen LogP contribution in [0.4, 0.5) is 0 Å². The van der Waals surface area contributed by atoms with E-state index in [1.807, 2.05) is 49.4 Å². The summed E-state index contributed by atoms with van der Waals surface area (Å²) in [4.78, 5) is 12.5. The van der Waals surface area contributed by atoms with Gasteiger partial charge in [-0.1, -0.05) is 43.3 Å². The van der Waals surface area contributed by atoms with Crippen LogP contribution in [-0.2, 0) is 14.8 Å². The molecule has 0 aliphatic carbocycles. The van der Waals surface area contributed by atoms with Gasteiger partial charge in [-0.05, 0) is 30.7 Å². The average molecular weight is 405 g/mol. The molecule has 0 radical (unpaired) electrons. The monoisotopic (exact) mass is 404 g/mol. The van der Waals surface area contributed by atoms with Gasteiger partial charge in [0.1, 0.15) is 12.4 Å². The fraction of sp³-hybridized carbons (Fsp3) is 0.476. The molecule has 0 aromatic heterocycles. The van der Waals surface area contributed by atoms with E-state index in [9.17, 15) is 13.2 Å². The third kappa shape index (κ3) is 5.02. The molecule has 1 aliphatic heterocycles. The number of amides is 1. The Balaban J connectivity index is 1.49. The maximum atomic E-state index is 12.5. The maximum Gasteiger partial charge on any atom is 0.224 e. The van der Waals surface area contributed by atoms with Crippen molar-refractivity contribution in [3.63, 3.8) is 0 Å². The Bertz CT molecular complexity index is 908. The predicted molar refractivity (Wildman–Crippen MR) is 111 cm³/mol. The highest BCUT2D eigenvalue weighted by molar-refractivity contribution is 7.89. The summed E-state index contributed by atoms with van der Waals surface area (Å²) < 4.78 is 31.8. The summed E-state index contributed by atoms with van der Waals surface area (Å²) in [5, 5.41) is 5.04. The van der Waals surface area contributed by atoms with Crippen molar-refractivity contribution < 1.29 is 17.9 Å². The summed E-state index contributed by atoms with van der Waals surface area (Å²) >= 11 is 0. The molecule has 152 valence electrons. The van der Waals surface area contributed by atoms with E-state index in [2.05, 4.69) is 5.32 Å². The first-order valence-corrected chi connectivity index (χ1v) is 11.5. The van der Waals surface area contributed by atoms with Crippen LogP contribution >= 0.6 is 0 Å². The molecule has 1 fully saturated rings. The molecule has 6 nitrogen and oxygen atoms in total. The van der Waals surface area contributed by atoms with Crippen LogP contribution in [0.3, 0.4) is 0 Å². The SMILES string of the molecule is CCCS(=O)(=O)N1CCCC(C(=O)NCCOc2cccc3ccccc23)C1. The van der Waals surface area contributed by atoms with Crippen molar-refractivity contribution in [2.75, 3.05) is 32.0 Å². The van der Waals surface area contributed by atoms with Gasteiger partial charge in [-0.3, -0.25) is 4.79 Å². The van der Waals surface area contributed by atoms with Gasteiger partial charge in [-0.2, -0.15) is 0 Å². The van der Waals surface area contributed by atoms with E-state index in [-0.39, 0.29) is 24.1 Å². The summed E-state index contributed by atoms with van der Waals surface area (Å²) in [6.45, 7) is 3.39. The van der Waals surface area contributed by atoms with Gasteiger partial charge in [0.05, 0.1) is 18.2 Å². The number of rotatable bonds is 8. The molecule has 7 heteroatoms. The van der Waals surface area contributed by atoms with Crippen LogP contribution in [0.15, 0.2) is 42.5 Å². The fourth-order valence-electron chi connectivity index (χ4n) is 3.60. The van der Waals surface area contributed by atoms with Crippen molar-refractivity contribution in [2.24, 2.45) is 5.92 Å². The van der Waals surface area contributed by atoms with E-state index in [1.165, 1.54) is 4.31 Å². The highest BCUT2D eigenvalue weighted by Crippen LogP contribution is 2.25. The number of piperidine rings is 1. The molecule has 1 atom stereocenters. The lowest BCUT2D eigenvalue weighted by molar-refractivity contribution is -0.126. The molecule has 1 amide bonds. The molecular weight excluding hydrogens is 376 g/mol. The van der Waals surface area contributed by atoms with Crippen LogP contribution in [0.2, 0.25) is 0 Å². The van der Waals surface area contributed by atoms with Crippen LogP contribution < -0.4 is 10.1 Å². The largest absolute Gasteiger partial charge is 0.491 e. The smallest absolute Gasteiger partial charge is 0.224 e. The standard InChI is InChI=1S/C21H28N2O4S/c1-2-15-28(25,26)23-13-6-9-18(16-23)21(24)22-12-14-27-20-11-5-8-17-7-3-4-10-19(17)20/h3-5,7-8,10-11,18H,2,6,9,12-16H2,1H3,(H,22,24). The summed E-state index contributed by atoms with van der Waals surface area (Å²) in [5.74, 6) is 0.540. The number of nitrogens with zero attached hydrogens (tertiary/aromatic N) is 1. The normalized spacial score (nSPS) is 18.1. The first-order valence-electron chi connectivity index (χ1n) is 9.87. The molecule has 2 aromatic rings. The number of carbonyl (C=O) groups excluding carboxylic acids is 1. The Labute approximate surface area is 166 Å². The second kappa shape index (κ2) is 9.39. The number of hydrogen-bond acceptors (Lipinski definition) is 4. The zero-order valence-corrected chi connectivity index (χ0v) is 17.1. The molecule has 1 N–H and O–H groups in total. The number of benzene rings is 2. The van der Waals surface area contributed by atoms with Crippen molar-refractivity contribution in [3.8, 4) is 5.75 Å². The quantitative estimate of drug-likeness (QED) is 0.687. The third-order valence-corrected chi connectivity index (χ3v) is 7.06. The van der Waals surface area contributed by atoms with E-state index in [4.69, 9.17) is 4.74 Å². The van der Waals surface area contributed by atoms with Gasteiger partial charge in [0, 0.05) is 18.5 Å². The van der Waals surface area contributed by atoms with Crippen LogP contribution in [-0.4, -0.2) is 50.6 Å². The lowest BCUT2D eigenvalue weighted by Crippen LogP contribution is -2.46. The Morgan fingerprint density at radius 3 is 2.82 bits per heavy atom. The minimum absolute atomic E-state index is 0.0991. The minimum atomic E-state index is -3.25. The first kappa shape index (κ1) is 20.6. The molecule has 1 unspecified atom stereocenters. The Morgan fingerprint density at radius 2 is 2.00 bits per heavy atom. The van der Waals surface area contributed by atoms with E-state index < -0.39 is 10.0 Å². The van der Waals surface area contributed by atoms with Crippen molar-refractivity contribution in [1.29, 1.82) is 0 Å². The Kier molecular flexibility index (Phi) is 6.91. The van der Waals surface area contributed by atoms with Crippen LogP contribution in [0.25, 0.3) is 10.8 Å². The lowest BCUT2D eigenvalue weighted by atomic mass is 9.99. The average Bonchev–Trinajstić information content (AvgIpc) is 2.71. The summed E-state index contributed by atoms with van der Waals surface area (Å²) in [6.07, 6.45) is 2.02. The molecule has 0 bridgehead atoms. The number of ether oxygens (including phenoxy) is 1. The Morgan fingerprint density at radius 1 is 1.21 bits per heavy atom. The Hall–Kier alpha value is -2.12. The summed E-state index contributed by atoms with van der Waals surface area (Å²) in [5.41, 5.74) is 0. The third-order valence-electron chi connectivity index (χ3n) is 5.02. The molecule has 1 saturated heterocycles. The lowest BCUT2D eigenvalue weighted by Gasteiger charge is -2.31. The second-order valence-corrected chi connectivity index (χ2v) is 9.22. The van der Waals surface area contributed by atoms with E-state index in [1.54, 1.807) is 0 Å². The second-order valence-electron chi connectivity index (χ2n) is 7.13. The highest BCUT2D eigenvalue weighted by Gasteiger charge is 2.31. The first-order chi connectivity index (χ1) is 13.5. The molecule has 28 heavy (non-hydrogen) atoms. The van der Waals surface area contributed by atoms with E-state index >= 15 is 0 Å². The molecule has 1 heterocycles. The summed E-state index contributed by atoms with van der Waals surface area (Å²) in [6, 6.07) is 13.9. The zero-order chi connectivity index (χ0) is 20.0. The van der Waals surface area contributed by atoms with Crippen LogP contribution in [0, 0.1) is 5.92 Å². The minimum Gasteiger partial charge on any atom is -0.491 e. The predicted octanol–water partition coefficient (Wildman–Crippen LogP) is 2.79. The van der Waals surface area contributed by atoms with Crippen molar-refractivity contribution in [1.82, 2.24) is 9.62 Å². The topological polar surface area (TPSA) is 75.7 Å². The van der Waals surface area contributed by atoms with Crippen molar-refractivity contribution >= 4 is 26.7 Å². The number of sulfonamides is 1. The van der Waals surface area contributed by atoms with Crippen LogP contribution in [0.1, 0.15) is 26.2 Å². The molecule has 0 saturated carbocycles. The van der Waals surface area contributed by atoms with Gasteiger partial charge in [0.15, 0.2) is 0 Å². The van der Waals surface area contributed by atoms with Gasteiger partial charge in [0.25, 0.3) is 0 Å². The highest BCUT2D eigenvalue weighted by atomic mass is 32.2. The van der Waals surface area contributed by atoms with E-state index in [0.29, 0.717) is 39.0 Å². The van der Waals surface area contributed by atoms with Crippen molar-refractivity contribution in [2.45, 2.75) is 26.2 Å². The van der Waals surface area contributed by atoms with Gasteiger partial charge >= 0.3 is 0 Å². The number of carbonyl (C=O) groups is 1. The maximum absolute atomic E-state index is 12.5. The molecule has 2 aromatic carbocycles. The van der Waals surface area contributed by atoms with Gasteiger partial charge in [0.2, 0.25) is 15.9 Å². The summed E-state index contributed by atoms with van der Waals surface area (Å²) in [7, 11) is -3.25. The number of nitrogens with one attached hydrogen (secondary N) is 1. The van der Waals surface area contributed by atoms with Gasteiger partial charge in [-0.25, -0.2) is 12.7 Å². The number of hydrogen-bond donors (Lipinski definition) is 1. The fourth-order valence-corrected chi connectivity index (χ4v) is 5.19.